The fraction of sp³-hybridized carbons (Fsp3) is 0.719. The number of carbonyl (C=O) groups is 3. The zero-order chi connectivity index (χ0) is 28.7. The van der Waals surface area contributed by atoms with Crippen molar-refractivity contribution in [2.75, 3.05) is 18.6 Å². The highest BCUT2D eigenvalue weighted by atomic mass is 32.1. The molecule has 0 bridgehead atoms. The highest BCUT2D eigenvalue weighted by Gasteiger charge is 2.35. The van der Waals surface area contributed by atoms with Crippen LogP contribution in [0, 0.1) is 40.9 Å². The van der Waals surface area contributed by atoms with Crippen molar-refractivity contribution in [3.63, 3.8) is 0 Å². The maximum Gasteiger partial charge on any atom is 0.350 e. The molecule has 39 heavy (non-hydrogen) atoms. The largest absolute Gasteiger partial charge is 0.465 e. The molecule has 6 nitrogen and oxygen atoms in total. The van der Waals surface area contributed by atoms with Crippen molar-refractivity contribution in [3.8, 4) is 11.8 Å². The lowest BCUT2D eigenvalue weighted by Crippen LogP contribution is -2.44. The summed E-state index contributed by atoms with van der Waals surface area (Å²) in [4.78, 5) is 42.5. The number of carbonyl (C=O) groups excluding carboxylic acids is 3. The maximum absolute atomic E-state index is 14.0. The molecule has 0 saturated heterocycles. The Hall–Kier alpha value is -2.33. The van der Waals surface area contributed by atoms with E-state index in [4.69, 9.17) is 9.47 Å². The number of thiophene rings is 1. The monoisotopic (exact) mass is 557 g/mol. The number of methoxy groups -OCH3 is 1. The summed E-state index contributed by atoms with van der Waals surface area (Å²) in [6, 6.07) is 1.59. The molecule has 0 aliphatic heterocycles. The van der Waals surface area contributed by atoms with Gasteiger partial charge in [0.1, 0.15) is 4.88 Å². The third kappa shape index (κ3) is 8.83. The number of anilines is 1. The minimum Gasteiger partial charge on any atom is -0.465 e. The van der Waals surface area contributed by atoms with Gasteiger partial charge in [-0.25, -0.2) is 4.79 Å². The smallest absolute Gasteiger partial charge is 0.350 e. The van der Waals surface area contributed by atoms with Gasteiger partial charge in [-0.15, -0.1) is 11.3 Å². The maximum atomic E-state index is 14.0. The van der Waals surface area contributed by atoms with Gasteiger partial charge in [-0.3, -0.25) is 9.59 Å². The summed E-state index contributed by atoms with van der Waals surface area (Å²) >= 11 is 1.26. The van der Waals surface area contributed by atoms with Gasteiger partial charge in [0.25, 0.3) is 0 Å². The van der Waals surface area contributed by atoms with E-state index in [1.807, 2.05) is 33.8 Å². The normalized spacial score (nSPS) is 24.2. The van der Waals surface area contributed by atoms with Crippen molar-refractivity contribution >= 4 is 34.9 Å². The number of amides is 1. The van der Waals surface area contributed by atoms with Gasteiger partial charge in [0.2, 0.25) is 5.91 Å². The van der Waals surface area contributed by atoms with Crippen molar-refractivity contribution in [2.45, 2.75) is 105 Å². The molecule has 0 spiro atoms. The third-order valence-electron chi connectivity index (χ3n) is 8.08. The molecule has 216 valence electrons. The number of esters is 2. The average Bonchev–Trinajstić information content (AvgIpc) is 3.31. The number of ether oxygens (including phenoxy) is 2. The molecule has 1 amide bonds. The van der Waals surface area contributed by atoms with Crippen LogP contribution in [0.4, 0.5) is 5.69 Å². The fourth-order valence-corrected chi connectivity index (χ4v) is 6.38. The van der Waals surface area contributed by atoms with E-state index in [0.29, 0.717) is 28.8 Å². The Morgan fingerprint density at radius 3 is 2.10 bits per heavy atom. The lowest BCUT2D eigenvalue weighted by Gasteiger charge is -2.35. The number of rotatable bonds is 8. The molecular formula is C32H47NO5S. The molecule has 7 heteroatoms. The minimum absolute atomic E-state index is 0.0229. The molecule has 1 unspecified atom stereocenters. The van der Waals surface area contributed by atoms with Gasteiger partial charge in [-0.1, -0.05) is 25.7 Å². The lowest BCUT2D eigenvalue weighted by molar-refractivity contribution is -0.150. The highest BCUT2D eigenvalue weighted by Crippen LogP contribution is 2.37. The van der Waals surface area contributed by atoms with Gasteiger partial charge in [-0.2, -0.15) is 0 Å². The molecule has 2 aliphatic rings. The predicted molar refractivity (Wildman–Crippen MR) is 157 cm³/mol. The van der Waals surface area contributed by atoms with Crippen LogP contribution in [0.2, 0.25) is 0 Å². The molecule has 1 atom stereocenters. The van der Waals surface area contributed by atoms with Crippen LogP contribution < -0.4 is 4.90 Å². The second-order valence-corrected chi connectivity index (χ2v) is 13.8. The van der Waals surface area contributed by atoms with E-state index in [1.54, 1.807) is 4.90 Å². The Morgan fingerprint density at radius 1 is 1.00 bits per heavy atom. The van der Waals surface area contributed by atoms with Gasteiger partial charge in [-0.05, 0) is 97.0 Å². The Bertz CT molecular complexity index is 1060. The summed E-state index contributed by atoms with van der Waals surface area (Å²) in [6.45, 7) is 12.8. The topological polar surface area (TPSA) is 72.9 Å². The van der Waals surface area contributed by atoms with E-state index in [0.717, 1.165) is 56.2 Å². The van der Waals surface area contributed by atoms with Crippen molar-refractivity contribution in [1.82, 2.24) is 0 Å². The van der Waals surface area contributed by atoms with Gasteiger partial charge in [0.15, 0.2) is 0 Å². The van der Waals surface area contributed by atoms with Crippen LogP contribution in [0.3, 0.4) is 0 Å². The second kappa shape index (κ2) is 13.8. The van der Waals surface area contributed by atoms with E-state index in [9.17, 15) is 14.4 Å². The minimum atomic E-state index is -0.473. The van der Waals surface area contributed by atoms with Crippen molar-refractivity contribution in [3.05, 3.63) is 15.8 Å². The molecule has 3 rings (SSSR count). The molecule has 1 heterocycles. The molecule has 2 saturated carbocycles. The van der Waals surface area contributed by atoms with Crippen LogP contribution in [0.25, 0.3) is 0 Å². The number of nitrogens with zero attached hydrogens (tertiary/aromatic N) is 1. The molecule has 0 aromatic carbocycles. The van der Waals surface area contributed by atoms with E-state index in [2.05, 4.69) is 25.7 Å². The summed E-state index contributed by atoms with van der Waals surface area (Å²) in [5, 5.41) is 0. The molecule has 0 radical (unpaired) electrons. The first-order valence-corrected chi connectivity index (χ1v) is 15.5. The Morgan fingerprint density at radius 2 is 1.56 bits per heavy atom. The number of hydrogen-bond acceptors (Lipinski definition) is 6. The van der Waals surface area contributed by atoms with Crippen LogP contribution in [0.5, 0.6) is 0 Å². The molecule has 0 N–H and O–H groups in total. The van der Waals surface area contributed by atoms with Gasteiger partial charge >= 0.3 is 11.9 Å². The first kappa shape index (κ1) is 31.2. The van der Waals surface area contributed by atoms with Crippen LogP contribution in [0.1, 0.15) is 114 Å². The Labute approximate surface area is 239 Å². The van der Waals surface area contributed by atoms with E-state index < -0.39 is 5.97 Å². The summed E-state index contributed by atoms with van der Waals surface area (Å²) in [6.07, 6.45) is 8.10. The second-order valence-electron chi connectivity index (χ2n) is 12.7. The summed E-state index contributed by atoms with van der Waals surface area (Å²) in [5.74, 6) is 7.02. The van der Waals surface area contributed by atoms with E-state index >= 15 is 0 Å². The van der Waals surface area contributed by atoms with Crippen LogP contribution >= 0.6 is 11.3 Å². The Kier molecular flexibility index (Phi) is 11.1. The first-order valence-electron chi connectivity index (χ1n) is 14.6. The van der Waals surface area contributed by atoms with Crippen LogP contribution in [-0.2, 0) is 19.1 Å². The zero-order valence-electron chi connectivity index (χ0n) is 24.9. The molecule has 2 aliphatic carbocycles. The lowest BCUT2D eigenvalue weighted by atomic mass is 9.82. The van der Waals surface area contributed by atoms with Crippen LogP contribution in [0.15, 0.2) is 6.07 Å². The molecule has 1 aromatic rings. The number of hydrogen-bond donors (Lipinski definition) is 0. The van der Waals surface area contributed by atoms with Gasteiger partial charge < -0.3 is 14.4 Å². The van der Waals surface area contributed by atoms with Crippen molar-refractivity contribution < 1.29 is 23.9 Å². The van der Waals surface area contributed by atoms with E-state index in [1.165, 1.54) is 18.4 Å². The fourth-order valence-electron chi connectivity index (χ4n) is 5.46. The summed E-state index contributed by atoms with van der Waals surface area (Å²) < 4.78 is 10.8. The summed E-state index contributed by atoms with van der Waals surface area (Å²) in [5.41, 5.74) is 0.353. The SMILES string of the molecule is COC(=O)c1sc(C#CC(C)(C)C)cc1N(C(=O)[C@H]1CC[C@H](C)CC1)C(C)CCOC(=O)C1CCC(C)CC1. The molecule has 1 aromatic heterocycles. The third-order valence-corrected chi connectivity index (χ3v) is 9.10. The standard InChI is InChI=1S/C32H47NO5S/c1-21-8-12-24(13-9-21)29(34)33(23(3)17-19-38-30(35)25-14-10-22(2)11-15-25)27-20-26(16-18-32(4,5)6)39-28(27)31(36)37-7/h20-25H,8-15,17,19H2,1-7H3/t21-,22?,23?,24-,25?. The average molecular weight is 558 g/mol. The van der Waals surface area contributed by atoms with Crippen molar-refractivity contribution in [2.24, 2.45) is 29.1 Å². The molecule has 2 fully saturated rings. The zero-order valence-corrected chi connectivity index (χ0v) is 25.7. The quantitative estimate of drug-likeness (QED) is 0.249. The molecular weight excluding hydrogens is 510 g/mol. The predicted octanol–water partition coefficient (Wildman–Crippen LogP) is 7.24. The first-order chi connectivity index (χ1) is 18.4. The Balaban J connectivity index is 1.85. The highest BCUT2D eigenvalue weighted by molar-refractivity contribution is 7.15. The van der Waals surface area contributed by atoms with E-state index in [-0.39, 0.29) is 41.8 Å². The van der Waals surface area contributed by atoms with Crippen molar-refractivity contribution in [1.29, 1.82) is 0 Å². The van der Waals surface area contributed by atoms with Crippen LogP contribution in [-0.4, -0.2) is 37.6 Å². The van der Waals surface area contributed by atoms with Gasteiger partial charge in [0, 0.05) is 23.8 Å². The van der Waals surface area contributed by atoms with Gasteiger partial charge in [0.05, 0.1) is 30.2 Å². The summed E-state index contributed by atoms with van der Waals surface area (Å²) in [7, 11) is 1.36.